The molecule has 2 nitrogen and oxygen atoms in total. The van der Waals surface area contributed by atoms with Gasteiger partial charge in [-0.1, -0.05) is 30.3 Å². The quantitative estimate of drug-likeness (QED) is 0.641. The van der Waals surface area contributed by atoms with Gasteiger partial charge in [-0.3, -0.25) is 11.3 Å². The molecule has 1 aliphatic rings. The molecule has 3 N–H and O–H groups in total. The Morgan fingerprint density at radius 1 is 1.18 bits per heavy atom. The van der Waals surface area contributed by atoms with Gasteiger partial charge in [0, 0.05) is 5.41 Å². The van der Waals surface area contributed by atoms with E-state index >= 15 is 0 Å². The van der Waals surface area contributed by atoms with E-state index in [1.165, 1.54) is 24.0 Å². The van der Waals surface area contributed by atoms with Crippen LogP contribution in [0.2, 0.25) is 0 Å². The summed E-state index contributed by atoms with van der Waals surface area (Å²) in [5, 5.41) is 4.30. The molecule has 0 aliphatic heterocycles. The van der Waals surface area contributed by atoms with Crippen molar-refractivity contribution >= 4 is 11.3 Å². The standard InChI is InChI=1S/C14H16N2S/c15-16-13(11-6-9-17-10-11)14(7-8-14)12-4-2-1-3-5-12/h1-6,9-10,13,16H,7-8,15H2. The van der Waals surface area contributed by atoms with E-state index in [4.69, 9.17) is 5.84 Å². The molecule has 3 rings (SSSR count). The topological polar surface area (TPSA) is 38.0 Å². The van der Waals surface area contributed by atoms with E-state index in [9.17, 15) is 0 Å². The molecule has 1 saturated carbocycles. The molecule has 0 bridgehead atoms. The van der Waals surface area contributed by atoms with Crippen LogP contribution in [-0.2, 0) is 5.41 Å². The van der Waals surface area contributed by atoms with E-state index in [0.29, 0.717) is 0 Å². The molecule has 1 fully saturated rings. The third-order valence-electron chi connectivity index (χ3n) is 3.73. The maximum Gasteiger partial charge on any atom is 0.0564 e. The maximum absolute atomic E-state index is 5.78. The normalized spacial score (nSPS) is 18.9. The van der Waals surface area contributed by atoms with Gasteiger partial charge in [-0.05, 0) is 40.8 Å². The number of nitrogens with one attached hydrogen (secondary N) is 1. The lowest BCUT2D eigenvalue weighted by Crippen LogP contribution is -2.36. The van der Waals surface area contributed by atoms with E-state index in [1.54, 1.807) is 11.3 Å². The molecule has 1 aromatic heterocycles. The zero-order chi connectivity index (χ0) is 11.7. The van der Waals surface area contributed by atoms with Crippen LogP contribution in [0.5, 0.6) is 0 Å². The summed E-state index contributed by atoms with van der Waals surface area (Å²) in [5.41, 5.74) is 5.92. The van der Waals surface area contributed by atoms with Crippen molar-refractivity contribution < 1.29 is 0 Å². The second-order valence-electron chi connectivity index (χ2n) is 4.68. The van der Waals surface area contributed by atoms with Gasteiger partial charge in [0.2, 0.25) is 0 Å². The van der Waals surface area contributed by atoms with Crippen molar-refractivity contribution in [2.75, 3.05) is 0 Å². The Morgan fingerprint density at radius 3 is 2.47 bits per heavy atom. The third kappa shape index (κ3) is 1.80. The van der Waals surface area contributed by atoms with Crippen LogP contribution >= 0.6 is 11.3 Å². The monoisotopic (exact) mass is 244 g/mol. The Hall–Kier alpha value is -1.16. The Morgan fingerprint density at radius 2 is 1.94 bits per heavy atom. The molecule has 88 valence electrons. The summed E-state index contributed by atoms with van der Waals surface area (Å²) in [7, 11) is 0. The van der Waals surface area contributed by atoms with Crippen LogP contribution < -0.4 is 11.3 Å². The van der Waals surface area contributed by atoms with E-state index in [1.807, 2.05) is 0 Å². The van der Waals surface area contributed by atoms with Crippen LogP contribution in [0, 0.1) is 0 Å². The number of hydrogen-bond acceptors (Lipinski definition) is 3. The molecule has 0 spiro atoms. The summed E-state index contributed by atoms with van der Waals surface area (Å²) in [4.78, 5) is 0. The lowest BCUT2D eigenvalue weighted by Gasteiger charge is -2.26. The summed E-state index contributed by atoms with van der Waals surface area (Å²) in [6.07, 6.45) is 2.42. The minimum absolute atomic E-state index is 0.205. The molecule has 1 unspecified atom stereocenters. The van der Waals surface area contributed by atoms with Crippen molar-refractivity contribution in [1.29, 1.82) is 0 Å². The van der Waals surface area contributed by atoms with Crippen LogP contribution in [0.25, 0.3) is 0 Å². The number of hydrogen-bond donors (Lipinski definition) is 2. The molecule has 1 aliphatic carbocycles. The predicted molar refractivity (Wildman–Crippen MR) is 71.7 cm³/mol. The first-order valence-electron chi connectivity index (χ1n) is 5.90. The highest BCUT2D eigenvalue weighted by Crippen LogP contribution is 2.56. The van der Waals surface area contributed by atoms with Crippen molar-refractivity contribution in [3.63, 3.8) is 0 Å². The highest BCUT2D eigenvalue weighted by Gasteiger charge is 2.50. The van der Waals surface area contributed by atoms with E-state index in [0.717, 1.165) is 0 Å². The number of thiophene rings is 1. The van der Waals surface area contributed by atoms with E-state index in [2.05, 4.69) is 52.6 Å². The number of hydrazine groups is 1. The Bertz CT molecular complexity index is 474. The Kier molecular flexibility index (Phi) is 2.74. The summed E-state index contributed by atoms with van der Waals surface area (Å²) in [6.45, 7) is 0. The van der Waals surface area contributed by atoms with Crippen LogP contribution in [-0.4, -0.2) is 0 Å². The number of nitrogens with two attached hydrogens (primary N) is 1. The van der Waals surface area contributed by atoms with E-state index in [-0.39, 0.29) is 11.5 Å². The molecule has 0 radical (unpaired) electrons. The molecule has 0 amide bonds. The largest absolute Gasteiger partial charge is 0.271 e. The number of rotatable bonds is 4. The van der Waals surface area contributed by atoms with Gasteiger partial charge in [-0.2, -0.15) is 11.3 Å². The summed E-state index contributed by atoms with van der Waals surface area (Å²) in [6, 6.07) is 13.1. The molecule has 0 saturated heterocycles. The van der Waals surface area contributed by atoms with Gasteiger partial charge in [0.25, 0.3) is 0 Å². The zero-order valence-corrected chi connectivity index (χ0v) is 10.4. The smallest absolute Gasteiger partial charge is 0.0564 e. The second-order valence-corrected chi connectivity index (χ2v) is 5.46. The Labute approximate surface area is 105 Å². The van der Waals surface area contributed by atoms with Crippen LogP contribution in [0.3, 0.4) is 0 Å². The van der Waals surface area contributed by atoms with Crippen molar-refractivity contribution in [2.45, 2.75) is 24.3 Å². The van der Waals surface area contributed by atoms with Gasteiger partial charge in [0.15, 0.2) is 0 Å². The molecule has 1 heterocycles. The summed E-state index contributed by atoms with van der Waals surface area (Å²) < 4.78 is 0. The average Bonchev–Trinajstić information content (AvgIpc) is 3.00. The first-order valence-corrected chi connectivity index (χ1v) is 6.85. The second kappa shape index (κ2) is 4.26. The highest BCUT2D eigenvalue weighted by atomic mass is 32.1. The minimum atomic E-state index is 0.205. The van der Waals surface area contributed by atoms with E-state index < -0.39 is 0 Å². The van der Waals surface area contributed by atoms with Crippen molar-refractivity contribution in [3.8, 4) is 0 Å². The van der Waals surface area contributed by atoms with Gasteiger partial charge in [-0.15, -0.1) is 0 Å². The highest BCUT2D eigenvalue weighted by molar-refractivity contribution is 7.07. The average molecular weight is 244 g/mol. The molecule has 17 heavy (non-hydrogen) atoms. The van der Waals surface area contributed by atoms with Crippen LogP contribution in [0.15, 0.2) is 47.2 Å². The lowest BCUT2D eigenvalue weighted by molar-refractivity contribution is 0.440. The molecular formula is C14H16N2S. The summed E-state index contributed by atoms with van der Waals surface area (Å²) >= 11 is 1.73. The first kappa shape index (κ1) is 11.0. The predicted octanol–water partition coefficient (Wildman–Crippen LogP) is 2.98. The maximum atomic E-state index is 5.78. The molecule has 3 heteroatoms. The molecule has 2 aromatic rings. The van der Waals surface area contributed by atoms with Gasteiger partial charge in [-0.25, -0.2) is 0 Å². The molecule has 1 atom stereocenters. The van der Waals surface area contributed by atoms with Crippen molar-refractivity contribution in [1.82, 2.24) is 5.43 Å². The van der Waals surface area contributed by atoms with Gasteiger partial charge >= 0.3 is 0 Å². The minimum Gasteiger partial charge on any atom is -0.271 e. The summed E-state index contributed by atoms with van der Waals surface area (Å²) in [5.74, 6) is 5.78. The fourth-order valence-corrected chi connectivity index (χ4v) is 3.35. The van der Waals surface area contributed by atoms with Crippen LogP contribution in [0.4, 0.5) is 0 Å². The molecule has 1 aromatic carbocycles. The number of benzene rings is 1. The zero-order valence-electron chi connectivity index (χ0n) is 9.60. The Balaban J connectivity index is 1.97. The van der Waals surface area contributed by atoms with Gasteiger partial charge in [0.1, 0.15) is 0 Å². The SMILES string of the molecule is NNC(c1ccsc1)C1(c2ccccc2)CC1. The van der Waals surface area contributed by atoms with Gasteiger partial charge < -0.3 is 0 Å². The fraction of sp³-hybridized carbons (Fsp3) is 0.286. The van der Waals surface area contributed by atoms with Crippen molar-refractivity contribution in [3.05, 3.63) is 58.3 Å². The van der Waals surface area contributed by atoms with Crippen molar-refractivity contribution in [2.24, 2.45) is 5.84 Å². The molecular weight excluding hydrogens is 228 g/mol. The van der Waals surface area contributed by atoms with Crippen LogP contribution in [0.1, 0.15) is 30.0 Å². The van der Waals surface area contributed by atoms with Gasteiger partial charge in [0.05, 0.1) is 6.04 Å². The lowest BCUT2D eigenvalue weighted by atomic mass is 9.85. The first-order chi connectivity index (χ1) is 8.37. The third-order valence-corrected chi connectivity index (χ3v) is 4.43. The fourth-order valence-electron chi connectivity index (χ4n) is 2.66.